The molecule has 120 valence electrons. The van der Waals surface area contributed by atoms with E-state index in [1.54, 1.807) is 6.26 Å². The summed E-state index contributed by atoms with van der Waals surface area (Å²) in [6.45, 7) is 1.59. The van der Waals surface area contributed by atoms with Crippen LogP contribution in [0.5, 0.6) is 0 Å². The third-order valence-corrected chi connectivity index (χ3v) is 4.73. The molecular formula is C17H20N4O2. The first kappa shape index (κ1) is 14.4. The lowest BCUT2D eigenvalue weighted by Crippen LogP contribution is -2.27. The van der Waals surface area contributed by atoms with Gasteiger partial charge in [-0.15, -0.1) is 0 Å². The standard InChI is InChI=1S/C17H20N4O2/c22-15-7-13(17-19-10-20-21-17)6-14(15)9-18-8-11-1-2-16-12(5-11)3-4-23-16/h1-5,10,13-15,18,22H,6-9H2,(H,19,20,21)/t13?,14-,15-/m1/s1. The number of benzene rings is 1. The van der Waals surface area contributed by atoms with Crippen molar-refractivity contribution in [2.24, 2.45) is 5.92 Å². The van der Waals surface area contributed by atoms with E-state index in [9.17, 15) is 5.11 Å². The van der Waals surface area contributed by atoms with Crippen molar-refractivity contribution < 1.29 is 9.52 Å². The van der Waals surface area contributed by atoms with E-state index in [1.165, 1.54) is 11.9 Å². The highest BCUT2D eigenvalue weighted by atomic mass is 16.3. The normalized spacial score (nSPS) is 24.5. The molecule has 1 aliphatic carbocycles. The Labute approximate surface area is 133 Å². The second-order valence-corrected chi connectivity index (χ2v) is 6.29. The second kappa shape index (κ2) is 6.14. The molecule has 3 N–H and O–H groups in total. The van der Waals surface area contributed by atoms with Crippen LogP contribution >= 0.6 is 0 Å². The van der Waals surface area contributed by atoms with Crippen LogP contribution in [0.2, 0.25) is 0 Å². The summed E-state index contributed by atoms with van der Waals surface area (Å²) in [6, 6.07) is 8.17. The summed E-state index contributed by atoms with van der Waals surface area (Å²) in [5, 5.41) is 21.6. The van der Waals surface area contributed by atoms with E-state index in [1.807, 2.05) is 12.1 Å². The Morgan fingerprint density at radius 3 is 3.13 bits per heavy atom. The number of fused-ring (bicyclic) bond motifs is 1. The summed E-state index contributed by atoms with van der Waals surface area (Å²) in [7, 11) is 0. The van der Waals surface area contributed by atoms with Gasteiger partial charge in [-0.05, 0) is 42.5 Å². The van der Waals surface area contributed by atoms with E-state index in [2.05, 4.69) is 32.6 Å². The summed E-state index contributed by atoms with van der Waals surface area (Å²) in [5.74, 6) is 1.42. The van der Waals surface area contributed by atoms with Crippen molar-refractivity contribution in [3.8, 4) is 0 Å². The molecule has 0 radical (unpaired) electrons. The van der Waals surface area contributed by atoms with Crippen molar-refractivity contribution in [1.29, 1.82) is 0 Å². The van der Waals surface area contributed by atoms with E-state index in [0.29, 0.717) is 0 Å². The monoisotopic (exact) mass is 312 g/mol. The predicted molar refractivity (Wildman–Crippen MR) is 85.8 cm³/mol. The van der Waals surface area contributed by atoms with E-state index < -0.39 is 0 Å². The van der Waals surface area contributed by atoms with Crippen LogP contribution in [0.3, 0.4) is 0 Å². The number of hydrogen-bond donors (Lipinski definition) is 3. The summed E-state index contributed by atoms with van der Waals surface area (Å²) in [5.41, 5.74) is 2.13. The maximum Gasteiger partial charge on any atom is 0.137 e. The topological polar surface area (TPSA) is 87.0 Å². The zero-order valence-electron chi connectivity index (χ0n) is 12.8. The highest BCUT2D eigenvalue weighted by Gasteiger charge is 2.34. The molecule has 3 atom stereocenters. The van der Waals surface area contributed by atoms with E-state index >= 15 is 0 Å². The van der Waals surface area contributed by atoms with Crippen molar-refractivity contribution in [3.63, 3.8) is 0 Å². The van der Waals surface area contributed by atoms with Gasteiger partial charge in [0.05, 0.1) is 12.4 Å². The zero-order chi connectivity index (χ0) is 15.6. The first-order valence-electron chi connectivity index (χ1n) is 8.00. The van der Waals surface area contributed by atoms with Gasteiger partial charge in [-0.2, -0.15) is 5.10 Å². The van der Waals surface area contributed by atoms with E-state index in [0.717, 1.165) is 42.7 Å². The van der Waals surface area contributed by atoms with Gasteiger partial charge in [0.2, 0.25) is 0 Å². The molecule has 2 aromatic heterocycles. The largest absolute Gasteiger partial charge is 0.464 e. The summed E-state index contributed by atoms with van der Waals surface area (Å²) < 4.78 is 5.35. The molecule has 0 bridgehead atoms. The molecule has 0 aliphatic heterocycles. The van der Waals surface area contributed by atoms with Crippen LogP contribution in [0, 0.1) is 5.92 Å². The number of hydrogen-bond acceptors (Lipinski definition) is 5. The molecule has 6 nitrogen and oxygen atoms in total. The third kappa shape index (κ3) is 3.00. The Balaban J connectivity index is 1.32. The van der Waals surface area contributed by atoms with Crippen molar-refractivity contribution in [3.05, 3.63) is 48.2 Å². The summed E-state index contributed by atoms with van der Waals surface area (Å²) >= 11 is 0. The lowest BCUT2D eigenvalue weighted by Gasteiger charge is -2.15. The lowest BCUT2D eigenvalue weighted by molar-refractivity contribution is 0.131. The van der Waals surface area contributed by atoms with Gasteiger partial charge >= 0.3 is 0 Å². The van der Waals surface area contributed by atoms with Crippen LogP contribution in [0.15, 0.2) is 41.3 Å². The minimum Gasteiger partial charge on any atom is -0.464 e. The predicted octanol–water partition coefficient (Wildman–Crippen LogP) is 2.20. The number of rotatable bonds is 5. The fourth-order valence-corrected chi connectivity index (χ4v) is 3.48. The number of aromatic nitrogens is 3. The average molecular weight is 312 g/mol. The van der Waals surface area contributed by atoms with Gasteiger partial charge < -0.3 is 14.8 Å². The Morgan fingerprint density at radius 2 is 2.26 bits per heavy atom. The van der Waals surface area contributed by atoms with Gasteiger partial charge in [0.1, 0.15) is 17.7 Å². The van der Waals surface area contributed by atoms with Crippen LogP contribution in [0.25, 0.3) is 11.0 Å². The molecule has 0 spiro atoms. The molecule has 6 heteroatoms. The minimum atomic E-state index is -0.283. The van der Waals surface area contributed by atoms with Crippen molar-refractivity contribution in [1.82, 2.24) is 20.5 Å². The Morgan fingerprint density at radius 1 is 1.30 bits per heavy atom. The van der Waals surface area contributed by atoms with Gasteiger partial charge in [0.15, 0.2) is 0 Å². The number of aromatic amines is 1. The molecule has 2 heterocycles. The summed E-state index contributed by atoms with van der Waals surface area (Å²) in [4.78, 5) is 4.21. The molecule has 23 heavy (non-hydrogen) atoms. The van der Waals surface area contributed by atoms with E-state index in [4.69, 9.17) is 4.42 Å². The number of aliphatic hydroxyl groups is 1. The Hall–Kier alpha value is -2.18. The molecule has 1 saturated carbocycles. The molecule has 0 saturated heterocycles. The van der Waals surface area contributed by atoms with E-state index in [-0.39, 0.29) is 17.9 Å². The maximum absolute atomic E-state index is 10.3. The fourth-order valence-electron chi connectivity index (χ4n) is 3.48. The van der Waals surface area contributed by atoms with Gasteiger partial charge in [-0.3, -0.25) is 5.10 Å². The number of aliphatic hydroxyl groups excluding tert-OH is 1. The van der Waals surface area contributed by atoms with Crippen LogP contribution in [0.1, 0.15) is 30.1 Å². The second-order valence-electron chi connectivity index (χ2n) is 6.29. The quantitative estimate of drug-likeness (QED) is 0.672. The third-order valence-electron chi connectivity index (χ3n) is 4.73. The maximum atomic E-state index is 10.3. The number of nitrogens with zero attached hydrogens (tertiary/aromatic N) is 2. The minimum absolute atomic E-state index is 0.253. The van der Waals surface area contributed by atoms with Gasteiger partial charge in [-0.1, -0.05) is 6.07 Å². The Kier molecular flexibility index (Phi) is 3.85. The molecule has 1 fully saturated rings. The van der Waals surface area contributed by atoms with Crippen LogP contribution in [0.4, 0.5) is 0 Å². The van der Waals surface area contributed by atoms with Crippen LogP contribution in [-0.4, -0.2) is 32.9 Å². The van der Waals surface area contributed by atoms with Gasteiger partial charge in [0.25, 0.3) is 0 Å². The van der Waals surface area contributed by atoms with Crippen molar-refractivity contribution in [2.75, 3.05) is 6.54 Å². The molecule has 4 rings (SSSR count). The van der Waals surface area contributed by atoms with Gasteiger partial charge in [-0.25, -0.2) is 4.98 Å². The lowest BCUT2D eigenvalue weighted by atomic mass is 10.0. The summed E-state index contributed by atoms with van der Waals surface area (Å²) in [6.07, 6.45) is 4.64. The van der Waals surface area contributed by atoms with Crippen molar-refractivity contribution in [2.45, 2.75) is 31.4 Å². The van der Waals surface area contributed by atoms with Crippen LogP contribution < -0.4 is 5.32 Å². The molecule has 3 aromatic rings. The highest BCUT2D eigenvalue weighted by molar-refractivity contribution is 5.77. The van der Waals surface area contributed by atoms with Crippen LogP contribution in [-0.2, 0) is 6.54 Å². The van der Waals surface area contributed by atoms with Gasteiger partial charge in [0, 0.05) is 24.4 Å². The molecular weight excluding hydrogens is 292 g/mol. The van der Waals surface area contributed by atoms with Crippen molar-refractivity contribution >= 4 is 11.0 Å². The first-order valence-corrected chi connectivity index (χ1v) is 8.00. The molecule has 0 amide bonds. The number of furan rings is 1. The first-order chi connectivity index (χ1) is 11.3. The smallest absolute Gasteiger partial charge is 0.137 e. The molecule has 1 aliphatic rings. The molecule has 1 unspecified atom stereocenters. The molecule has 1 aromatic carbocycles. The number of H-pyrrole nitrogens is 1. The Bertz CT molecular complexity index is 768. The average Bonchev–Trinajstić information content (AvgIpc) is 3.27. The zero-order valence-corrected chi connectivity index (χ0v) is 12.8. The fraction of sp³-hybridized carbons (Fsp3) is 0.412. The highest BCUT2D eigenvalue weighted by Crippen LogP contribution is 2.36. The number of nitrogens with one attached hydrogen (secondary N) is 2. The SMILES string of the molecule is O[C@@H]1CC(c2ncn[nH]2)C[C@@H]1CNCc1ccc2occc2c1.